The number of aromatic nitrogens is 6. The van der Waals surface area contributed by atoms with E-state index in [4.69, 9.17) is 9.97 Å². The van der Waals surface area contributed by atoms with Crippen LogP contribution in [0.2, 0.25) is 0 Å². The molecule has 0 spiro atoms. The van der Waals surface area contributed by atoms with Crippen molar-refractivity contribution in [1.82, 2.24) is 29.3 Å². The smallest absolute Gasteiger partial charge is 0.165 e. The maximum atomic E-state index is 4.74. The van der Waals surface area contributed by atoms with Crippen LogP contribution in [0.1, 0.15) is 5.56 Å². The zero-order valence-electron chi connectivity index (χ0n) is 15.9. The molecule has 0 amide bonds. The quantitative estimate of drug-likeness (QED) is 0.498. The van der Waals surface area contributed by atoms with Crippen molar-refractivity contribution < 1.29 is 0 Å². The first kappa shape index (κ1) is 17.1. The molecule has 0 aliphatic heterocycles. The van der Waals surface area contributed by atoms with Gasteiger partial charge in [-0.3, -0.25) is 4.68 Å². The highest BCUT2D eigenvalue weighted by molar-refractivity contribution is 5.87. The van der Waals surface area contributed by atoms with E-state index in [9.17, 15) is 0 Å². The molecule has 0 atom stereocenters. The molecular weight excluding hydrogens is 362 g/mol. The molecular formula is C22H19N7. The molecule has 1 N–H and O–H groups in total. The topological polar surface area (TPSA) is 73.5 Å². The molecule has 2 aromatic carbocycles. The van der Waals surface area contributed by atoms with E-state index in [1.165, 1.54) is 5.56 Å². The van der Waals surface area contributed by atoms with Gasteiger partial charge < -0.3 is 9.88 Å². The Kier molecular flexibility index (Phi) is 4.25. The molecule has 3 aromatic heterocycles. The summed E-state index contributed by atoms with van der Waals surface area (Å²) in [5.74, 6) is 1.31. The van der Waals surface area contributed by atoms with Crippen molar-refractivity contribution in [3.8, 4) is 11.4 Å². The average Bonchev–Trinajstić information content (AvgIpc) is 3.36. The van der Waals surface area contributed by atoms with Crippen molar-refractivity contribution in [3.63, 3.8) is 0 Å². The lowest BCUT2D eigenvalue weighted by Gasteiger charge is -2.07. The zero-order valence-corrected chi connectivity index (χ0v) is 15.9. The average molecular weight is 381 g/mol. The van der Waals surface area contributed by atoms with Gasteiger partial charge in [0.1, 0.15) is 0 Å². The first-order chi connectivity index (χ1) is 14.3. The van der Waals surface area contributed by atoms with Gasteiger partial charge >= 0.3 is 0 Å². The van der Waals surface area contributed by atoms with Gasteiger partial charge in [-0.05, 0) is 5.56 Å². The molecule has 0 unspecified atom stereocenters. The molecule has 0 bridgehead atoms. The third-order valence-electron chi connectivity index (χ3n) is 4.68. The van der Waals surface area contributed by atoms with Crippen LogP contribution in [-0.4, -0.2) is 29.3 Å². The maximum absolute atomic E-state index is 4.74. The van der Waals surface area contributed by atoms with E-state index in [0.29, 0.717) is 18.2 Å². The summed E-state index contributed by atoms with van der Waals surface area (Å²) < 4.78 is 3.79. The monoisotopic (exact) mass is 381 g/mol. The lowest BCUT2D eigenvalue weighted by molar-refractivity contribution is 0.687. The van der Waals surface area contributed by atoms with Crippen LogP contribution >= 0.6 is 0 Å². The van der Waals surface area contributed by atoms with Gasteiger partial charge in [-0.1, -0.05) is 60.7 Å². The second-order valence-electron chi connectivity index (χ2n) is 6.83. The van der Waals surface area contributed by atoms with Gasteiger partial charge in [0.05, 0.1) is 24.8 Å². The highest BCUT2D eigenvalue weighted by Gasteiger charge is 2.14. The summed E-state index contributed by atoms with van der Waals surface area (Å²) in [6, 6.07) is 20.2. The van der Waals surface area contributed by atoms with Crippen LogP contribution < -0.4 is 5.32 Å². The van der Waals surface area contributed by atoms with Crippen LogP contribution in [0.3, 0.4) is 0 Å². The largest absolute Gasteiger partial charge is 0.336 e. The van der Waals surface area contributed by atoms with Gasteiger partial charge in [0, 0.05) is 18.8 Å². The van der Waals surface area contributed by atoms with Crippen LogP contribution in [0, 0.1) is 0 Å². The summed E-state index contributed by atoms with van der Waals surface area (Å²) in [7, 11) is 1.93. The second-order valence-corrected chi connectivity index (χ2v) is 6.83. The van der Waals surface area contributed by atoms with E-state index in [0.717, 1.165) is 22.4 Å². The second kappa shape index (κ2) is 7.20. The highest BCUT2D eigenvalue weighted by atomic mass is 15.3. The van der Waals surface area contributed by atoms with E-state index in [1.807, 2.05) is 71.0 Å². The molecule has 0 saturated heterocycles. The number of nitrogens with zero attached hydrogens (tertiary/aromatic N) is 6. The zero-order chi connectivity index (χ0) is 19.6. The molecule has 0 fully saturated rings. The van der Waals surface area contributed by atoms with Gasteiger partial charge in [-0.2, -0.15) is 5.10 Å². The van der Waals surface area contributed by atoms with E-state index in [1.54, 1.807) is 12.5 Å². The van der Waals surface area contributed by atoms with Gasteiger partial charge in [-0.15, -0.1) is 0 Å². The molecule has 3 heterocycles. The minimum atomic E-state index is 0.654. The van der Waals surface area contributed by atoms with Crippen LogP contribution in [0.25, 0.3) is 22.6 Å². The van der Waals surface area contributed by atoms with Gasteiger partial charge in [0.2, 0.25) is 0 Å². The first-order valence-corrected chi connectivity index (χ1v) is 9.34. The molecule has 0 radical (unpaired) electrons. The summed E-state index contributed by atoms with van der Waals surface area (Å²) in [6.07, 6.45) is 5.51. The highest BCUT2D eigenvalue weighted by Crippen LogP contribution is 2.26. The Bertz CT molecular complexity index is 1260. The van der Waals surface area contributed by atoms with Crippen LogP contribution in [-0.2, 0) is 13.6 Å². The third kappa shape index (κ3) is 3.45. The number of rotatable bonds is 5. The standard InChI is InChI=1S/C22H19N7/c1-28-15-23-19-21(26-20(27-22(19)28)17-10-6-3-7-11-17)25-18-12-24-29(14-18)13-16-8-4-2-5-9-16/h2-12,14-15H,13H2,1H3,(H,25,26,27). The summed E-state index contributed by atoms with van der Waals surface area (Å²) in [5, 5.41) is 7.82. The molecule has 7 heteroatoms. The number of imidazole rings is 1. The Morgan fingerprint density at radius 1 is 0.931 bits per heavy atom. The Morgan fingerprint density at radius 2 is 1.69 bits per heavy atom. The number of nitrogens with one attached hydrogen (secondary N) is 1. The fourth-order valence-electron chi connectivity index (χ4n) is 3.23. The number of fused-ring (bicyclic) bond motifs is 1. The van der Waals surface area contributed by atoms with E-state index in [-0.39, 0.29) is 0 Å². The van der Waals surface area contributed by atoms with Crippen molar-refractivity contribution in [1.29, 1.82) is 0 Å². The Labute approximate surface area is 167 Å². The van der Waals surface area contributed by atoms with Crippen molar-refractivity contribution in [2.45, 2.75) is 6.54 Å². The summed E-state index contributed by atoms with van der Waals surface area (Å²) in [4.78, 5) is 13.9. The molecule has 0 saturated carbocycles. The molecule has 0 aliphatic carbocycles. The molecule has 7 nitrogen and oxygen atoms in total. The Morgan fingerprint density at radius 3 is 2.48 bits per heavy atom. The molecule has 5 rings (SSSR count). The van der Waals surface area contributed by atoms with Crippen molar-refractivity contribution in [2.24, 2.45) is 7.05 Å². The molecule has 5 aromatic rings. The number of hydrogen-bond donors (Lipinski definition) is 1. The SMILES string of the molecule is Cn1cnc2c(Nc3cnn(Cc4ccccc4)c3)nc(-c3ccccc3)nc21. The Balaban J connectivity index is 1.49. The molecule has 0 aliphatic rings. The molecule has 142 valence electrons. The predicted molar refractivity (Wildman–Crippen MR) is 113 cm³/mol. The minimum Gasteiger partial charge on any atom is -0.336 e. The maximum Gasteiger partial charge on any atom is 0.165 e. The van der Waals surface area contributed by atoms with Gasteiger partial charge in [-0.25, -0.2) is 15.0 Å². The fraction of sp³-hybridized carbons (Fsp3) is 0.0909. The van der Waals surface area contributed by atoms with Crippen molar-refractivity contribution >= 4 is 22.7 Å². The summed E-state index contributed by atoms with van der Waals surface area (Å²) in [6.45, 7) is 0.709. The van der Waals surface area contributed by atoms with Crippen LogP contribution in [0.15, 0.2) is 79.4 Å². The van der Waals surface area contributed by atoms with Crippen molar-refractivity contribution in [2.75, 3.05) is 5.32 Å². The number of hydrogen-bond acceptors (Lipinski definition) is 5. The lowest BCUT2D eigenvalue weighted by atomic mass is 10.2. The van der Waals surface area contributed by atoms with E-state index < -0.39 is 0 Å². The van der Waals surface area contributed by atoms with Gasteiger partial charge in [0.15, 0.2) is 22.8 Å². The van der Waals surface area contributed by atoms with Crippen molar-refractivity contribution in [3.05, 3.63) is 84.9 Å². The third-order valence-corrected chi connectivity index (χ3v) is 4.68. The van der Waals surface area contributed by atoms with E-state index in [2.05, 4.69) is 27.5 Å². The number of benzene rings is 2. The summed E-state index contributed by atoms with van der Waals surface area (Å²) in [5.41, 5.74) is 4.51. The Hall–Kier alpha value is -4.00. The van der Waals surface area contributed by atoms with Crippen LogP contribution in [0.5, 0.6) is 0 Å². The summed E-state index contributed by atoms with van der Waals surface area (Å²) >= 11 is 0. The predicted octanol–water partition coefficient (Wildman–Crippen LogP) is 4.02. The van der Waals surface area contributed by atoms with E-state index >= 15 is 0 Å². The molecule has 29 heavy (non-hydrogen) atoms. The number of aryl methyl sites for hydroxylation is 1. The fourth-order valence-corrected chi connectivity index (χ4v) is 3.23. The normalized spacial score (nSPS) is 11.1. The van der Waals surface area contributed by atoms with Crippen LogP contribution in [0.4, 0.5) is 11.5 Å². The van der Waals surface area contributed by atoms with Gasteiger partial charge in [0.25, 0.3) is 0 Å². The number of anilines is 2. The first-order valence-electron chi connectivity index (χ1n) is 9.34. The lowest BCUT2D eigenvalue weighted by Crippen LogP contribution is -2.01. The minimum absolute atomic E-state index is 0.654.